The molecule has 8 aromatic carbocycles. The van der Waals surface area contributed by atoms with Crippen molar-refractivity contribution in [2.75, 3.05) is 4.90 Å². The van der Waals surface area contributed by atoms with Gasteiger partial charge in [-0.25, -0.2) is 0 Å². The smallest absolute Gasteiger partial charge is 0.0541 e. The Kier molecular flexibility index (Phi) is 7.26. The van der Waals surface area contributed by atoms with Gasteiger partial charge in [0.25, 0.3) is 0 Å². The average Bonchev–Trinajstić information content (AvgIpc) is 3.73. The molecule has 0 saturated carbocycles. The fourth-order valence-corrected chi connectivity index (χ4v) is 8.31. The third-order valence-electron chi connectivity index (χ3n) is 11.0. The minimum Gasteiger partial charge on any atom is -0.310 e. The highest BCUT2D eigenvalue weighted by Gasteiger charge is 2.20. The van der Waals surface area contributed by atoms with E-state index >= 15 is 0 Å². The van der Waals surface area contributed by atoms with Gasteiger partial charge in [-0.05, 0) is 121 Å². The second-order valence-corrected chi connectivity index (χ2v) is 13.9. The van der Waals surface area contributed by atoms with E-state index in [9.17, 15) is 0 Å². The Labute approximate surface area is 309 Å². The summed E-state index contributed by atoms with van der Waals surface area (Å²) in [6.07, 6.45) is 0. The number of hydrogen-bond acceptors (Lipinski definition) is 1. The summed E-state index contributed by atoms with van der Waals surface area (Å²) in [5, 5.41) is 5.06. The Morgan fingerprint density at radius 1 is 0.358 bits per heavy atom. The number of benzene rings is 8. The third-order valence-corrected chi connectivity index (χ3v) is 11.0. The zero-order valence-corrected chi connectivity index (χ0v) is 29.7. The summed E-state index contributed by atoms with van der Waals surface area (Å²) in [5.74, 6) is 0. The first-order chi connectivity index (χ1) is 26.2. The summed E-state index contributed by atoms with van der Waals surface area (Å²) in [6, 6.07) is 68.0. The maximum Gasteiger partial charge on any atom is 0.0541 e. The lowest BCUT2D eigenvalue weighted by Crippen LogP contribution is -2.12. The molecule has 53 heavy (non-hydrogen) atoms. The largest absolute Gasteiger partial charge is 0.310 e. The van der Waals surface area contributed by atoms with Gasteiger partial charge in [-0.2, -0.15) is 0 Å². The fraction of sp³-hybridized carbons (Fsp3) is 0.0400. The summed E-state index contributed by atoms with van der Waals surface area (Å²) in [7, 11) is 0. The van der Waals surface area contributed by atoms with Gasteiger partial charge in [0.15, 0.2) is 0 Å². The van der Waals surface area contributed by atoms with Crippen LogP contribution < -0.4 is 4.90 Å². The lowest BCUT2D eigenvalue weighted by Gasteiger charge is -2.28. The molecule has 0 aliphatic rings. The van der Waals surface area contributed by atoms with E-state index in [1.54, 1.807) is 0 Å². The van der Waals surface area contributed by atoms with Gasteiger partial charge in [-0.3, -0.25) is 0 Å². The quantitative estimate of drug-likeness (QED) is 0.170. The Morgan fingerprint density at radius 2 is 0.830 bits per heavy atom. The van der Waals surface area contributed by atoms with Crippen molar-refractivity contribution in [3.05, 3.63) is 199 Å². The molecule has 0 N–H and O–H groups in total. The number of fused-ring (bicyclic) bond motifs is 6. The summed E-state index contributed by atoms with van der Waals surface area (Å²) in [5.41, 5.74) is 15.6. The molecule has 3 nitrogen and oxygen atoms in total. The predicted octanol–water partition coefficient (Wildman–Crippen LogP) is 13.6. The second kappa shape index (κ2) is 12.4. The van der Waals surface area contributed by atoms with Crippen molar-refractivity contribution in [3.63, 3.8) is 0 Å². The van der Waals surface area contributed by atoms with Crippen LogP contribution >= 0.6 is 0 Å². The zero-order valence-electron chi connectivity index (χ0n) is 29.7. The van der Waals surface area contributed by atoms with Crippen LogP contribution in [0.4, 0.5) is 17.1 Å². The van der Waals surface area contributed by atoms with Gasteiger partial charge in [-0.1, -0.05) is 103 Å². The van der Waals surface area contributed by atoms with Crippen molar-refractivity contribution in [2.45, 2.75) is 13.8 Å². The van der Waals surface area contributed by atoms with Crippen LogP contribution in [0.2, 0.25) is 0 Å². The highest BCUT2D eigenvalue weighted by atomic mass is 15.1. The first-order valence-electron chi connectivity index (χ1n) is 18.3. The molecule has 0 spiro atoms. The molecule has 3 heteroatoms. The van der Waals surface area contributed by atoms with Crippen molar-refractivity contribution < 1.29 is 0 Å². The van der Waals surface area contributed by atoms with Gasteiger partial charge < -0.3 is 14.0 Å². The van der Waals surface area contributed by atoms with E-state index < -0.39 is 0 Å². The molecule has 0 unspecified atom stereocenters. The second-order valence-electron chi connectivity index (χ2n) is 13.9. The minimum absolute atomic E-state index is 1.12. The molecular weight excluding hydrogens is 643 g/mol. The number of rotatable bonds is 6. The lowest BCUT2D eigenvalue weighted by atomic mass is 9.94. The molecule has 0 radical (unpaired) electrons. The summed E-state index contributed by atoms with van der Waals surface area (Å²) >= 11 is 0. The zero-order chi connectivity index (χ0) is 35.5. The summed E-state index contributed by atoms with van der Waals surface area (Å²) < 4.78 is 4.75. The third kappa shape index (κ3) is 4.97. The Hall–Kier alpha value is -6.84. The molecule has 0 aliphatic carbocycles. The SMILES string of the molecule is Cc1c(-c2ccc3c(c2)c2ccccc2n3-c2ccccc2)ccc(N(c2ccccc2)c2ccc(-n3c4ccccc4c4ccccc43)cc2)c1C. The van der Waals surface area contributed by atoms with Gasteiger partial charge >= 0.3 is 0 Å². The van der Waals surface area contributed by atoms with Gasteiger partial charge in [0.1, 0.15) is 0 Å². The van der Waals surface area contributed by atoms with Crippen LogP contribution in [0, 0.1) is 13.8 Å². The predicted molar refractivity (Wildman–Crippen MR) is 225 cm³/mol. The molecule has 0 aliphatic heterocycles. The van der Waals surface area contributed by atoms with Crippen LogP contribution in [-0.4, -0.2) is 9.13 Å². The van der Waals surface area contributed by atoms with Crippen LogP contribution in [0.3, 0.4) is 0 Å². The highest BCUT2D eigenvalue weighted by molar-refractivity contribution is 6.11. The van der Waals surface area contributed by atoms with E-state index in [4.69, 9.17) is 0 Å². The van der Waals surface area contributed by atoms with Crippen molar-refractivity contribution >= 4 is 60.7 Å². The normalized spacial score (nSPS) is 11.6. The minimum atomic E-state index is 1.12. The molecule has 2 heterocycles. The molecular formula is C50H37N3. The summed E-state index contributed by atoms with van der Waals surface area (Å²) in [6.45, 7) is 4.52. The Balaban J connectivity index is 1.08. The van der Waals surface area contributed by atoms with E-state index in [1.807, 2.05) is 0 Å². The molecule has 0 amide bonds. The van der Waals surface area contributed by atoms with Crippen LogP contribution in [0.5, 0.6) is 0 Å². The van der Waals surface area contributed by atoms with Gasteiger partial charge in [0.05, 0.1) is 22.1 Å². The number of para-hydroxylation sites is 5. The molecule has 0 atom stereocenters. The lowest BCUT2D eigenvalue weighted by molar-refractivity contribution is 1.17. The van der Waals surface area contributed by atoms with E-state index in [-0.39, 0.29) is 0 Å². The molecule has 0 bridgehead atoms. The monoisotopic (exact) mass is 679 g/mol. The first kappa shape index (κ1) is 30.9. The number of anilines is 3. The van der Waals surface area contributed by atoms with Crippen LogP contribution in [0.15, 0.2) is 188 Å². The van der Waals surface area contributed by atoms with Gasteiger partial charge in [0, 0.05) is 50.0 Å². The summed E-state index contributed by atoms with van der Waals surface area (Å²) in [4.78, 5) is 2.39. The molecule has 10 aromatic rings. The van der Waals surface area contributed by atoms with E-state index in [2.05, 4.69) is 216 Å². The molecule has 0 saturated heterocycles. The van der Waals surface area contributed by atoms with Crippen molar-refractivity contribution in [1.29, 1.82) is 0 Å². The van der Waals surface area contributed by atoms with Crippen molar-refractivity contribution in [1.82, 2.24) is 9.13 Å². The fourth-order valence-electron chi connectivity index (χ4n) is 8.31. The van der Waals surface area contributed by atoms with Crippen LogP contribution in [0.1, 0.15) is 11.1 Å². The topological polar surface area (TPSA) is 13.1 Å². The number of hydrogen-bond donors (Lipinski definition) is 0. The number of aromatic nitrogens is 2. The maximum atomic E-state index is 2.39. The van der Waals surface area contributed by atoms with Crippen LogP contribution in [0.25, 0.3) is 66.1 Å². The van der Waals surface area contributed by atoms with Crippen LogP contribution in [-0.2, 0) is 0 Å². The van der Waals surface area contributed by atoms with E-state index in [0.29, 0.717) is 0 Å². The van der Waals surface area contributed by atoms with E-state index in [0.717, 1.165) is 17.1 Å². The number of nitrogens with zero attached hydrogens (tertiary/aromatic N) is 3. The van der Waals surface area contributed by atoms with Gasteiger partial charge in [-0.15, -0.1) is 0 Å². The molecule has 10 rings (SSSR count). The molecule has 252 valence electrons. The Morgan fingerprint density at radius 3 is 1.43 bits per heavy atom. The van der Waals surface area contributed by atoms with E-state index in [1.165, 1.54) is 77.2 Å². The van der Waals surface area contributed by atoms with Gasteiger partial charge in [0.2, 0.25) is 0 Å². The standard InChI is InChI=1S/C50H37N3/c1-34-35(2)46(32-30-41(34)36-25-31-50-45(33-36)44-21-11-14-24-49(44)52(50)38-17-7-4-8-18-38)51(37-15-5-3-6-16-37)39-26-28-40(29-27-39)53-47-22-12-9-19-42(47)43-20-10-13-23-48(43)53/h3-33H,1-2H3. The highest BCUT2D eigenvalue weighted by Crippen LogP contribution is 2.42. The molecule has 0 fully saturated rings. The van der Waals surface area contributed by atoms with Crippen molar-refractivity contribution in [3.8, 4) is 22.5 Å². The molecule has 2 aromatic heterocycles. The average molecular weight is 680 g/mol. The maximum absolute atomic E-state index is 2.39. The Bertz CT molecular complexity index is 2900. The van der Waals surface area contributed by atoms with Crippen molar-refractivity contribution in [2.24, 2.45) is 0 Å². The first-order valence-corrected chi connectivity index (χ1v) is 18.3.